The highest BCUT2D eigenvalue weighted by atomic mass is 16.3. The maximum Gasteiger partial charge on any atom is 0.266 e. The van der Waals surface area contributed by atoms with Gasteiger partial charge in [0.1, 0.15) is 23.2 Å². The molecule has 2 atom stereocenters. The van der Waals surface area contributed by atoms with Gasteiger partial charge in [-0.05, 0) is 56.4 Å². The third-order valence-electron chi connectivity index (χ3n) is 4.69. The second-order valence-corrected chi connectivity index (χ2v) is 6.96. The van der Waals surface area contributed by atoms with Crippen LogP contribution in [0.2, 0.25) is 0 Å². The van der Waals surface area contributed by atoms with Crippen LogP contribution in [0.15, 0.2) is 34.3 Å². The molecule has 1 amide bonds. The third-order valence-corrected chi connectivity index (χ3v) is 4.69. The van der Waals surface area contributed by atoms with Crippen LogP contribution in [0.5, 0.6) is 0 Å². The summed E-state index contributed by atoms with van der Waals surface area (Å²) in [5.74, 6) is 2.17. The van der Waals surface area contributed by atoms with E-state index in [0.29, 0.717) is 17.6 Å². The zero-order valence-electron chi connectivity index (χ0n) is 15.0. The van der Waals surface area contributed by atoms with Crippen molar-refractivity contribution in [1.29, 1.82) is 5.26 Å². The van der Waals surface area contributed by atoms with E-state index in [4.69, 9.17) is 4.42 Å². The molecule has 1 N–H and O–H groups in total. The first-order valence-electron chi connectivity index (χ1n) is 8.49. The third kappa shape index (κ3) is 3.66. The number of rotatable bonds is 4. The number of hydrogen-bond acceptors (Lipinski definition) is 3. The number of benzene rings is 1. The number of carbonyl (C=O) groups is 1. The van der Waals surface area contributed by atoms with E-state index in [0.717, 1.165) is 34.6 Å². The first kappa shape index (κ1) is 17.0. The Kier molecular flexibility index (Phi) is 4.50. The second-order valence-electron chi connectivity index (χ2n) is 6.96. The number of nitriles is 1. The summed E-state index contributed by atoms with van der Waals surface area (Å²) in [5, 5.41) is 12.2. The summed E-state index contributed by atoms with van der Waals surface area (Å²) >= 11 is 0. The highest BCUT2D eigenvalue weighted by Crippen LogP contribution is 2.47. The molecule has 128 valence electrons. The van der Waals surface area contributed by atoms with Crippen LogP contribution < -0.4 is 5.32 Å². The average molecular weight is 334 g/mol. The van der Waals surface area contributed by atoms with Gasteiger partial charge in [0, 0.05) is 17.7 Å². The van der Waals surface area contributed by atoms with Crippen LogP contribution in [0, 0.1) is 38.0 Å². The SMILES string of the molecule is Cc1cc(C)c(NC(=O)/C(C#N)=C/c2ccc([C@@H]3C[C@H]3C)o2)c(C)c1. The van der Waals surface area contributed by atoms with Gasteiger partial charge in [-0.1, -0.05) is 24.6 Å². The first-order chi connectivity index (χ1) is 11.9. The van der Waals surface area contributed by atoms with E-state index < -0.39 is 5.91 Å². The lowest BCUT2D eigenvalue weighted by molar-refractivity contribution is -0.112. The van der Waals surface area contributed by atoms with Crippen LogP contribution in [-0.4, -0.2) is 5.91 Å². The highest BCUT2D eigenvalue weighted by molar-refractivity contribution is 6.10. The summed E-state index contributed by atoms with van der Waals surface area (Å²) in [6.45, 7) is 8.09. The smallest absolute Gasteiger partial charge is 0.266 e. The predicted molar refractivity (Wildman–Crippen MR) is 98.1 cm³/mol. The molecule has 0 spiro atoms. The minimum Gasteiger partial charge on any atom is -0.461 e. The topological polar surface area (TPSA) is 66.0 Å². The Morgan fingerprint density at radius 1 is 1.28 bits per heavy atom. The number of hydrogen-bond donors (Lipinski definition) is 1. The van der Waals surface area contributed by atoms with Crippen molar-refractivity contribution in [3.8, 4) is 6.07 Å². The van der Waals surface area contributed by atoms with Crippen LogP contribution in [0.25, 0.3) is 6.08 Å². The molecule has 4 heteroatoms. The molecule has 3 rings (SSSR count). The van der Waals surface area contributed by atoms with E-state index >= 15 is 0 Å². The molecule has 1 fully saturated rings. The summed E-state index contributed by atoms with van der Waals surface area (Å²) in [6.07, 6.45) is 2.64. The number of carbonyl (C=O) groups excluding carboxylic acids is 1. The van der Waals surface area contributed by atoms with E-state index in [9.17, 15) is 10.1 Å². The first-order valence-corrected chi connectivity index (χ1v) is 8.49. The maximum absolute atomic E-state index is 12.5. The molecule has 1 aliphatic carbocycles. The normalized spacial score (nSPS) is 19.4. The quantitative estimate of drug-likeness (QED) is 0.640. The number of amides is 1. The van der Waals surface area contributed by atoms with Crippen molar-refractivity contribution in [3.05, 3.63) is 58.0 Å². The Labute approximate surface area is 148 Å². The lowest BCUT2D eigenvalue weighted by atomic mass is 10.0. The van der Waals surface area contributed by atoms with E-state index in [1.54, 1.807) is 0 Å². The van der Waals surface area contributed by atoms with Crippen LogP contribution in [0.3, 0.4) is 0 Å². The van der Waals surface area contributed by atoms with Crippen molar-refractivity contribution in [1.82, 2.24) is 0 Å². The van der Waals surface area contributed by atoms with Crippen molar-refractivity contribution >= 4 is 17.7 Å². The molecule has 1 aromatic heterocycles. The van der Waals surface area contributed by atoms with Gasteiger partial charge in [-0.2, -0.15) is 5.26 Å². The molecular weight excluding hydrogens is 312 g/mol. The summed E-state index contributed by atoms with van der Waals surface area (Å²) < 4.78 is 5.77. The number of aryl methyl sites for hydroxylation is 3. The Balaban J connectivity index is 1.80. The standard InChI is InChI=1S/C21H22N2O2/c1-12-7-14(3)20(15(4)8-12)23-21(24)16(11-22)10-17-5-6-19(25-17)18-9-13(18)2/h5-8,10,13,18H,9H2,1-4H3,(H,23,24)/b16-10+/t13-,18-/m1/s1. The highest BCUT2D eigenvalue weighted by Gasteiger charge is 2.36. The number of nitrogens with one attached hydrogen (secondary N) is 1. The molecule has 0 saturated heterocycles. The van der Waals surface area contributed by atoms with Gasteiger partial charge >= 0.3 is 0 Å². The van der Waals surface area contributed by atoms with Gasteiger partial charge in [0.15, 0.2) is 0 Å². The molecule has 1 aromatic carbocycles. The van der Waals surface area contributed by atoms with Crippen LogP contribution in [-0.2, 0) is 4.79 Å². The van der Waals surface area contributed by atoms with Crippen molar-refractivity contribution in [2.45, 2.75) is 40.0 Å². The fraction of sp³-hybridized carbons (Fsp3) is 0.333. The zero-order valence-corrected chi connectivity index (χ0v) is 15.0. The predicted octanol–water partition coefficient (Wildman–Crippen LogP) is 4.87. The van der Waals surface area contributed by atoms with E-state index in [1.807, 2.05) is 51.1 Å². The molecule has 25 heavy (non-hydrogen) atoms. The second kappa shape index (κ2) is 6.60. The Morgan fingerprint density at radius 3 is 2.48 bits per heavy atom. The van der Waals surface area contributed by atoms with Crippen molar-refractivity contribution in [3.63, 3.8) is 0 Å². The van der Waals surface area contributed by atoms with Gasteiger partial charge in [0.25, 0.3) is 5.91 Å². The minimum absolute atomic E-state index is 0.0316. The van der Waals surface area contributed by atoms with Crippen molar-refractivity contribution in [2.24, 2.45) is 5.92 Å². The summed E-state index contributed by atoms with van der Waals surface area (Å²) in [4.78, 5) is 12.5. The molecule has 2 aromatic rings. The van der Waals surface area contributed by atoms with E-state index in [2.05, 4.69) is 12.2 Å². The molecule has 0 radical (unpaired) electrons. The Hall–Kier alpha value is -2.80. The van der Waals surface area contributed by atoms with Crippen molar-refractivity contribution < 1.29 is 9.21 Å². The van der Waals surface area contributed by atoms with Crippen LogP contribution in [0.1, 0.15) is 47.5 Å². The van der Waals surface area contributed by atoms with Gasteiger partial charge in [-0.15, -0.1) is 0 Å². The lowest BCUT2D eigenvalue weighted by Gasteiger charge is -2.12. The van der Waals surface area contributed by atoms with Gasteiger partial charge in [0.05, 0.1) is 0 Å². The number of anilines is 1. The largest absolute Gasteiger partial charge is 0.461 e. The average Bonchev–Trinajstić information content (AvgIpc) is 3.09. The lowest BCUT2D eigenvalue weighted by Crippen LogP contribution is -2.15. The number of nitrogens with zero attached hydrogens (tertiary/aromatic N) is 1. The Morgan fingerprint density at radius 2 is 1.92 bits per heavy atom. The molecule has 0 bridgehead atoms. The summed E-state index contributed by atoms with van der Waals surface area (Å²) in [7, 11) is 0. The van der Waals surface area contributed by atoms with Crippen LogP contribution in [0.4, 0.5) is 5.69 Å². The van der Waals surface area contributed by atoms with Gasteiger partial charge in [0.2, 0.25) is 0 Å². The molecule has 1 heterocycles. The van der Waals surface area contributed by atoms with Gasteiger partial charge in [-0.25, -0.2) is 0 Å². The molecule has 4 nitrogen and oxygen atoms in total. The molecule has 0 unspecified atom stereocenters. The minimum atomic E-state index is -0.421. The molecule has 1 aliphatic rings. The Bertz CT molecular complexity index is 876. The van der Waals surface area contributed by atoms with Gasteiger partial charge < -0.3 is 9.73 Å². The fourth-order valence-corrected chi connectivity index (χ4v) is 3.21. The van der Waals surface area contributed by atoms with E-state index in [1.165, 1.54) is 6.08 Å². The fourth-order valence-electron chi connectivity index (χ4n) is 3.21. The molecule has 0 aliphatic heterocycles. The van der Waals surface area contributed by atoms with Crippen molar-refractivity contribution in [2.75, 3.05) is 5.32 Å². The van der Waals surface area contributed by atoms with E-state index in [-0.39, 0.29) is 5.57 Å². The van der Waals surface area contributed by atoms with Crippen LogP contribution >= 0.6 is 0 Å². The monoisotopic (exact) mass is 334 g/mol. The summed E-state index contributed by atoms with van der Waals surface area (Å²) in [5.41, 5.74) is 3.88. The summed E-state index contributed by atoms with van der Waals surface area (Å²) in [6, 6.07) is 9.73. The molecule has 1 saturated carbocycles. The molecular formula is C21H22N2O2. The zero-order chi connectivity index (χ0) is 18.1. The van der Waals surface area contributed by atoms with Gasteiger partial charge in [-0.3, -0.25) is 4.79 Å². The number of furan rings is 1. The maximum atomic E-state index is 12.5.